The van der Waals surface area contributed by atoms with Crippen molar-refractivity contribution < 1.29 is 90.9 Å². The van der Waals surface area contributed by atoms with E-state index >= 15 is 0 Å². The number of ether oxygens (including phenoxy) is 9. The van der Waals surface area contributed by atoms with Gasteiger partial charge in [0.05, 0.1) is 81.9 Å². The van der Waals surface area contributed by atoms with Crippen LogP contribution < -0.4 is 46.9 Å². The van der Waals surface area contributed by atoms with Crippen molar-refractivity contribution in [2.24, 2.45) is 5.92 Å². The molecule has 29 heteroatoms. The highest BCUT2D eigenvalue weighted by Crippen LogP contribution is 2.43. The van der Waals surface area contributed by atoms with Crippen molar-refractivity contribution in [3.05, 3.63) is 92.8 Å². The van der Waals surface area contributed by atoms with Gasteiger partial charge >= 0.3 is 18.2 Å². The molecule has 7 N–H and O–H groups in total. The first-order chi connectivity index (χ1) is 44.0. The van der Waals surface area contributed by atoms with Gasteiger partial charge in [-0.3, -0.25) is 38.5 Å². The summed E-state index contributed by atoms with van der Waals surface area (Å²) in [7, 11) is 0. The van der Waals surface area contributed by atoms with E-state index < -0.39 is 82.5 Å². The number of nitrogens with zero attached hydrogens (tertiary/aromatic N) is 3. The molecule has 0 fully saturated rings. The van der Waals surface area contributed by atoms with E-state index in [0.717, 1.165) is 4.90 Å². The number of anilines is 1. The molecule has 0 spiro atoms. The first-order valence-electron chi connectivity index (χ1n) is 30.4. The third-order valence-corrected chi connectivity index (χ3v) is 15.2. The molecule has 4 aliphatic rings. The minimum Gasteiger partial charge on any atom is -0.458 e. The number of carbonyl (C=O) groups is 9. The maximum absolute atomic E-state index is 14.0. The van der Waals surface area contributed by atoms with Gasteiger partial charge in [-0.25, -0.2) is 19.4 Å². The molecule has 0 saturated carbocycles. The maximum atomic E-state index is 14.0. The zero-order valence-corrected chi connectivity index (χ0v) is 52.3. The van der Waals surface area contributed by atoms with Crippen LogP contribution in [0.15, 0.2) is 59.4 Å². The molecule has 8 amide bonds. The monoisotopic (exact) mass is 1280 g/mol. The first-order valence-corrected chi connectivity index (χ1v) is 30.4. The zero-order valence-electron chi connectivity index (χ0n) is 52.3. The summed E-state index contributed by atoms with van der Waals surface area (Å²) in [6.45, 7) is 12.1. The summed E-state index contributed by atoms with van der Waals surface area (Å²) < 4.78 is 51.0. The van der Waals surface area contributed by atoms with Crippen molar-refractivity contribution in [1.29, 1.82) is 0 Å². The van der Waals surface area contributed by atoms with Crippen LogP contribution in [0.1, 0.15) is 101 Å². The molecule has 0 unspecified atom stereocenters. The molecule has 8 rings (SSSR count). The Morgan fingerprint density at radius 3 is 2.07 bits per heavy atom. The molecule has 6 heterocycles. The predicted octanol–water partition coefficient (Wildman–Crippen LogP) is 2.99. The normalized spacial score (nSPS) is 15.9. The van der Waals surface area contributed by atoms with Crippen LogP contribution >= 0.6 is 0 Å². The molecule has 2 aromatic carbocycles. The Kier molecular flexibility index (Phi) is 23.8. The molecule has 2 aromatic heterocycles. The second-order valence-corrected chi connectivity index (χ2v) is 23.2. The highest BCUT2D eigenvalue weighted by Gasteiger charge is 2.46. The Labute approximate surface area is 529 Å². The number of hydrogen-bond acceptors (Lipinski definition) is 21. The molecule has 496 valence electrons. The number of hydrogen-bond donors (Lipinski definition) is 7. The number of carbonyl (C=O) groups excluding carboxylic acids is 9. The second kappa shape index (κ2) is 31.8. The van der Waals surface area contributed by atoms with E-state index in [-0.39, 0.29) is 142 Å². The molecule has 0 aliphatic carbocycles. The van der Waals surface area contributed by atoms with Crippen LogP contribution in [0.4, 0.5) is 15.3 Å². The van der Waals surface area contributed by atoms with Crippen LogP contribution in [0.2, 0.25) is 0 Å². The molecule has 29 nitrogen and oxygen atoms in total. The summed E-state index contributed by atoms with van der Waals surface area (Å²) in [5, 5.41) is 28.5. The second-order valence-electron chi connectivity index (χ2n) is 23.2. The predicted molar refractivity (Wildman–Crippen MR) is 326 cm³/mol. The molecule has 0 bridgehead atoms. The van der Waals surface area contributed by atoms with E-state index in [1.165, 1.54) is 16.7 Å². The van der Waals surface area contributed by atoms with Crippen LogP contribution in [-0.4, -0.2) is 170 Å². The van der Waals surface area contributed by atoms with Gasteiger partial charge in [-0.2, -0.15) is 0 Å². The number of nitrogens with one attached hydrogen (secondary N) is 6. The van der Waals surface area contributed by atoms with Crippen molar-refractivity contribution >= 4 is 70.2 Å². The van der Waals surface area contributed by atoms with Crippen molar-refractivity contribution in [2.75, 3.05) is 84.6 Å². The van der Waals surface area contributed by atoms with Gasteiger partial charge in [0.15, 0.2) is 17.1 Å². The Bertz CT molecular complexity index is 3470. The number of fused-ring (bicyclic) bond motifs is 6. The van der Waals surface area contributed by atoms with Gasteiger partial charge in [-0.1, -0.05) is 32.9 Å². The fourth-order valence-corrected chi connectivity index (χ4v) is 10.3. The SMILES string of the molecule is CC[C@@]1(O)C(=O)OCc2c1cc1n(c2=O)Cc2c-1nc1cc3c(cc1c2CNC(=O)OCc1ccc(NC(=O)[C@H](CCCNC(=O)OC(C)(C)C)NC(=O)[C@@H](NC(=O)CCOCCOCCOCCOCCNC(=O)CCN2C(=O)C=CC2=O)C(C)C)cc1)OCO3. The van der Waals surface area contributed by atoms with Crippen molar-refractivity contribution in [3.63, 3.8) is 0 Å². The maximum Gasteiger partial charge on any atom is 0.407 e. The molecule has 0 radical (unpaired) electrons. The molecule has 92 heavy (non-hydrogen) atoms. The third-order valence-electron chi connectivity index (χ3n) is 15.2. The van der Waals surface area contributed by atoms with Gasteiger partial charge in [-0.15, -0.1) is 0 Å². The quantitative estimate of drug-likeness (QED) is 0.0137. The molecule has 0 saturated heterocycles. The topological polar surface area (TPSA) is 367 Å². The standard InChI is InChI=1S/C63H79N9O20/c1-7-63(83)44-30-47-55-42(33-72(47)58(79)43(44)35-88-59(63)80)41(40-29-48-49(91-36-90-48)31-46(40)68-55)32-66-60(81)89-34-38-10-12-39(13-11-38)67-56(77)45(9-8-18-65-61(82)92-62(4,5)6)69-57(78)54(37(2)3)70-51(74)17-21-84-23-25-86-27-28-87-26-24-85-22-19-64-50(73)16-20-71-52(75)14-15-53(71)76/h10-15,29-31,37,45,54,83H,7-9,16-28,32-36H2,1-6H3,(H,64,73)(H,65,82)(H,66,81)(H,67,77)(H,69,78)(H,70,74)/t45-,54-,63-/m0/s1. The molecular weight excluding hydrogens is 1200 g/mol. The fraction of sp³-hybridized carbons (Fsp3) is 0.508. The fourth-order valence-electron chi connectivity index (χ4n) is 10.3. The number of benzene rings is 2. The highest BCUT2D eigenvalue weighted by atomic mass is 16.7. The number of aliphatic hydroxyl groups is 1. The number of aromatic nitrogens is 2. The van der Waals surface area contributed by atoms with Crippen LogP contribution in [0.25, 0.3) is 22.3 Å². The lowest BCUT2D eigenvalue weighted by molar-refractivity contribution is -0.172. The van der Waals surface area contributed by atoms with Crippen molar-refractivity contribution in [3.8, 4) is 22.9 Å². The Hall–Kier alpha value is -9.03. The average molecular weight is 1280 g/mol. The third kappa shape index (κ3) is 18.1. The van der Waals surface area contributed by atoms with E-state index in [0.29, 0.717) is 69.4 Å². The molecule has 4 aliphatic heterocycles. The molecule has 3 atom stereocenters. The Morgan fingerprint density at radius 1 is 0.739 bits per heavy atom. The molecular formula is C63H79N9O20. The summed E-state index contributed by atoms with van der Waals surface area (Å²) in [6.07, 6.45) is 1.15. The van der Waals surface area contributed by atoms with Crippen LogP contribution in [0, 0.1) is 5.92 Å². The summed E-state index contributed by atoms with van der Waals surface area (Å²) in [6, 6.07) is 9.39. The van der Waals surface area contributed by atoms with Crippen molar-refractivity contribution in [2.45, 2.75) is 123 Å². The number of amides is 8. The van der Waals surface area contributed by atoms with Gasteiger partial charge < -0.3 is 84.2 Å². The lowest BCUT2D eigenvalue weighted by atomic mass is 9.86. The van der Waals surface area contributed by atoms with Crippen LogP contribution in [-0.2, 0) is 98.6 Å². The average Bonchev–Trinajstić information content (AvgIpc) is 1.51. The van der Waals surface area contributed by atoms with E-state index in [1.54, 1.807) is 84.0 Å². The molecule has 4 aromatic rings. The Morgan fingerprint density at radius 2 is 1.40 bits per heavy atom. The number of pyridine rings is 2. The smallest absolute Gasteiger partial charge is 0.407 e. The van der Waals surface area contributed by atoms with E-state index in [1.807, 2.05) is 0 Å². The number of imide groups is 1. The van der Waals surface area contributed by atoms with Gasteiger partial charge in [0, 0.05) is 79.4 Å². The Balaban J connectivity index is 0.775. The van der Waals surface area contributed by atoms with Gasteiger partial charge in [-0.05, 0) is 81.3 Å². The zero-order chi connectivity index (χ0) is 66.1. The van der Waals surface area contributed by atoms with E-state index in [2.05, 4.69) is 31.9 Å². The number of cyclic esters (lactones) is 1. The highest BCUT2D eigenvalue weighted by molar-refractivity contribution is 6.13. The largest absolute Gasteiger partial charge is 0.458 e. The van der Waals surface area contributed by atoms with Gasteiger partial charge in [0.25, 0.3) is 17.4 Å². The van der Waals surface area contributed by atoms with Crippen LogP contribution in [0.3, 0.4) is 0 Å². The minimum absolute atomic E-state index is 0.00111. The van der Waals surface area contributed by atoms with E-state index in [4.69, 9.17) is 47.6 Å². The first kappa shape index (κ1) is 68.9. The van der Waals surface area contributed by atoms with Gasteiger partial charge in [0.1, 0.15) is 30.9 Å². The van der Waals surface area contributed by atoms with Gasteiger partial charge in [0.2, 0.25) is 30.4 Å². The number of rotatable bonds is 33. The summed E-state index contributed by atoms with van der Waals surface area (Å²) >= 11 is 0. The number of alkyl carbamates (subject to hydrolysis) is 2. The summed E-state index contributed by atoms with van der Waals surface area (Å²) in [5.41, 5.74) is 0.552. The lowest BCUT2D eigenvalue weighted by Crippen LogP contribution is -2.54. The summed E-state index contributed by atoms with van der Waals surface area (Å²) in [4.78, 5) is 135. The lowest BCUT2D eigenvalue weighted by Gasteiger charge is -2.31. The van der Waals surface area contributed by atoms with E-state index in [9.17, 15) is 53.1 Å². The number of esters is 1. The summed E-state index contributed by atoms with van der Waals surface area (Å²) in [5.74, 6) is -3.15. The van der Waals surface area contributed by atoms with Crippen LogP contribution in [0.5, 0.6) is 11.5 Å². The minimum atomic E-state index is -2.03. The van der Waals surface area contributed by atoms with Crippen molar-refractivity contribution in [1.82, 2.24) is 41.0 Å².